The summed E-state index contributed by atoms with van der Waals surface area (Å²) in [6, 6.07) is 13.3. The summed E-state index contributed by atoms with van der Waals surface area (Å²) < 4.78 is 0.868. The Balaban J connectivity index is 1.79. The summed E-state index contributed by atoms with van der Waals surface area (Å²) in [5, 5.41) is 12.2. The van der Waals surface area contributed by atoms with Crippen molar-refractivity contribution < 1.29 is 4.73 Å². The highest BCUT2D eigenvalue weighted by Gasteiger charge is 2.07. The van der Waals surface area contributed by atoms with E-state index in [0.717, 1.165) is 21.6 Å². The van der Waals surface area contributed by atoms with Gasteiger partial charge >= 0.3 is 0 Å². The first-order valence-corrected chi connectivity index (χ1v) is 6.56. The van der Waals surface area contributed by atoms with Crippen LogP contribution >= 0.6 is 11.8 Å². The summed E-state index contributed by atoms with van der Waals surface area (Å²) in [7, 11) is 0. The lowest BCUT2D eigenvalue weighted by atomic mass is 10.3. The molecule has 18 heavy (non-hydrogen) atoms. The van der Waals surface area contributed by atoms with Crippen LogP contribution in [-0.4, -0.2) is 9.97 Å². The molecule has 4 nitrogen and oxygen atoms in total. The van der Waals surface area contributed by atoms with Gasteiger partial charge in [0.05, 0.1) is 16.8 Å². The number of rotatable bonds is 3. The molecule has 0 aliphatic heterocycles. The van der Waals surface area contributed by atoms with Gasteiger partial charge in [-0.1, -0.05) is 12.1 Å². The van der Waals surface area contributed by atoms with Crippen molar-refractivity contribution >= 4 is 22.8 Å². The van der Waals surface area contributed by atoms with Gasteiger partial charge in [0.25, 0.3) is 5.03 Å². The Hall–Kier alpha value is -2.01. The van der Waals surface area contributed by atoms with Gasteiger partial charge in [-0.3, -0.25) is 0 Å². The molecule has 2 heterocycles. The van der Waals surface area contributed by atoms with Crippen LogP contribution in [0.3, 0.4) is 0 Å². The van der Waals surface area contributed by atoms with Crippen molar-refractivity contribution in [2.75, 3.05) is 0 Å². The zero-order chi connectivity index (χ0) is 12.4. The lowest BCUT2D eigenvalue weighted by molar-refractivity contribution is -0.645. The summed E-state index contributed by atoms with van der Waals surface area (Å²) in [6.45, 7) is 0. The third-order valence-corrected chi connectivity index (χ3v) is 3.61. The van der Waals surface area contributed by atoms with Crippen LogP contribution in [0, 0.1) is 5.21 Å². The van der Waals surface area contributed by atoms with Gasteiger partial charge in [-0.05, 0) is 30.0 Å². The summed E-state index contributed by atoms with van der Waals surface area (Å²) in [6.07, 6.45) is 1.50. The topological polar surface area (TPSA) is 55.6 Å². The van der Waals surface area contributed by atoms with E-state index >= 15 is 0 Å². The standard InChI is InChI=1S/C13H11N3OS/c17-16-8-4-3-7-13(16)18-9-12-14-10-5-1-2-6-11(10)15-12/h1-8H,9H2,(H,14,15). The molecule has 0 radical (unpaired) electrons. The second kappa shape index (κ2) is 4.70. The lowest BCUT2D eigenvalue weighted by Crippen LogP contribution is -2.27. The molecule has 0 unspecified atom stereocenters. The maximum atomic E-state index is 11.5. The highest BCUT2D eigenvalue weighted by atomic mass is 32.2. The van der Waals surface area contributed by atoms with E-state index in [-0.39, 0.29) is 0 Å². The average molecular weight is 257 g/mol. The number of pyridine rings is 1. The SMILES string of the molecule is [O-][n+]1ccccc1SCc1nc2ccccc2[nH]1. The van der Waals surface area contributed by atoms with Crippen molar-refractivity contribution in [3.63, 3.8) is 0 Å². The predicted octanol–water partition coefficient (Wildman–Crippen LogP) is 2.49. The number of thioether (sulfide) groups is 1. The minimum Gasteiger partial charge on any atom is -0.618 e. The van der Waals surface area contributed by atoms with E-state index in [1.165, 1.54) is 18.0 Å². The lowest BCUT2D eigenvalue weighted by Gasteiger charge is -2.01. The van der Waals surface area contributed by atoms with Crippen molar-refractivity contribution in [1.82, 2.24) is 9.97 Å². The van der Waals surface area contributed by atoms with Crippen LogP contribution in [0.2, 0.25) is 0 Å². The van der Waals surface area contributed by atoms with Crippen LogP contribution in [0.25, 0.3) is 11.0 Å². The van der Waals surface area contributed by atoms with E-state index in [0.29, 0.717) is 10.8 Å². The Labute approximate surface area is 108 Å². The van der Waals surface area contributed by atoms with Gasteiger partial charge in [0, 0.05) is 12.1 Å². The summed E-state index contributed by atoms with van der Waals surface area (Å²) in [4.78, 5) is 7.71. The van der Waals surface area contributed by atoms with Crippen LogP contribution in [-0.2, 0) is 5.75 Å². The van der Waals surface area contributed by atoms with Crippen LogP contribution in [0.15, 0.2) is 53.7 Å². The molecule has 0 saturated carbocycles. The maximum Gasteiger partial charge on any atom is 0.251 e. The fraction of sp³-hybridized carbons (Fsp3) is 0.0769. The molecule has 0 bridgehead atoms. The number of aromatic nitrogens is 3. The van der Waals surface area contributed by atoms with Gasteiger partial charge in [0.2, 0.25) is 0 Å². The highest BCUT2D eigenvalue weighted by molar-refractivity contribution is 7.98. The van der Waals surface area contributed by atoms with E-state index in [9.17, 15) is 5.21 Å². The molecule has 0 amide bonds. The van der Waals surface area contributed by atoms with Crippen molar-refractivity contribution in [3.8, 4) is 0 Å². The second-order valence-electron chi connectivity index (χ2n) is 3.85. The molecular formula is C13H11N3OS. The number of hydrogen-bond acceptors (Lipinski definition) is 3. The highest BCUT2D eigenvalue weighted by Crippen LogP contribution is 2.19. The number of para-hydroxylation sites is 2. The Bertz CT molecular complexity index is 648. The summed E-state index contributed by atoms with van der Waals surface area (Å²) in [5.41, 5.74) is 1.98. The van der Waals surface area contributed by atoms with Gasteiger partial charge in [-0.2, -0.15) is 4.73 Å². The number of imidazole rings is 1. The number of nitrogens with zero attached hydrogens (tertiary/aromatic N) is 2. The first-order chi connectivity index (χ1) is 8.83. The molecule has 0 aliphatic rings. The van der Waals surface area contributed by atoms with Gasteiger partial charge in [0.1, 0.15) is 5.82 Å². The number of hydrogen-bond donors (Lipinski definition) is 1. The quantitative estimate of drug-likeness (QED) is 0.445. The largest absolute Gasteiger partial charge is 0.618 e. The summed E-state index contributed by atoms with van der Waals surface area (Å²) in [5.74, 6) is 1.53. The normalized spacial score (nSPS) is 10.9. The number of H-pyrrole nitrogens is 1. The van der Waals surface area contributed by atoms with Gasteiger partial charge in [0.15, 0.2) is 6.20 Å². The van der Waals surface area contributed by atoms with Gasteiger partial charge in [-0.15, -0.1) is 0 Å². The van der Waals surface area contributed by atoms with E-state index in [1.807, 2.05) is 30.3 Å². The van der Waals surface area contributed by atoms with Crippen molar-refractivity contribution in [1.29, 1.82) is 0 Å². The third-order valence-electron chi connectivity index (χ3n) is 2.58. The predicted molar refractivity (Wildman–Crippen MR) is 71.1 cm³/mol. The Kier molecular flexibility index (Phi) is 2.90. The van der Waals surface area contributed by atoms with E-state index < -0.39 is 0 Å². The molecule has 0 aliphatic carbocycles. The van der Waals surface area contributed by atoms with Crippen LogP contribution in [0.5, 0.6) is 0 Å². The molecule has 2 aromatic heterocycles. The molecule has 0 fully saturated rings. The van der Waals surface area contributed by atoms with Crippen LogP contribution in [0.1, 0.15) is 5.82 Å². The zero-order valence-corrected chi connectivity index (χ0v) is 10.4. The second-order valence-corrected chi connectivity index (χ2v) is 4.85. The maximum absolute atomic E-state index is 11.5. The first-order valence-electron chi connectivity index (χ1n) is 5.57. The van der Waals surface area contributed by atoms with Crippen LogP contribution < -0.4 is 4.73 Å². The van der Waals surface area contributed by atoms with Gasteiger partial charge < -0.3 is 10.2 Å². The molecule has 1 N–H and O–H groups in total. The van der Waals surface area contributed by atoms with E-state index in [2.05, 4.69) is 9.97 Å². The molecule has 0 saturated heterocycles. The Morgan fingerprint density at radius 3 is 2.83 bits per heavy atom. The molecule has 0 spiro atoms. The van der Waals surface area contributed by atoms with Crippen molar-refractivity contribution in [3.05, 3.63) is 59.7 Å². The number of fused-ring (bicyclic) bond motifs is 1. The van der Waals surface area contributed by atoms with Crippen molar-refractivity contribution in [2.24, 2.45) is 0 Å². The molecule has 1 aromatic carbocycles. The van der Waals surface area contributed by atoms with Crippen LogP contribution in [0.4, 0.5) is 0 Å². The van der Waals surface area contributed by atoms with Gasteiger partial charge in [-0.25, -0.2) is 4.98 Å². The van der Waals surface area contributed by atoms with E-state index in [4.69, 9.17) is 0 Å². The molecular weight excluding hydrogens is 246 g/mol. The number of nitrogens with one attached hydrogen (secondary N) is 1. The first kappa shape index (κ1) is 11.1. The number of benzene rings is 1. The average Bonchev–Trinajstić information content (AvgIpc) is 2.80. The minimum atomic E-state index is 0.654. The summed E-state index contributed by atoms with van der Waals surface area (Å²) >= 11 is 1.47. The van der Waals surface area contributed by atoms with E-state index in [1.54, 1.807) is 12.1 Å². The Morgan fingerprint density at radius 2 is 2.00 bits per heavy atom. The Morgan fingerprint density at radius 1 is 1.17 bits per heavy atom. The third kappa shape index (κ3) is 2.17. The molecule has 0 atom stereocenters. The molecule has 3 aromatic rings. The fourth-order valence-electron chi connectivity index (χ4n) is 1.74. The fourth-order valence-corrected chi connectivity index (χ4v) is 2.52. The number of aromatic amines is 1. The zero-order valence-electron chi connectivity index (χ0n) is 9.54. The minimum absolute atomic E-state index is 0.654. The molecule has 3 rings (SSSR count). The van der Waals surface area contributed by atoms with Crippen molar-refractivity contribution in [2.45, 2.75) is 10.8 Å². The monoisotopic (exact) mass is 257 g/mol. The molecule has 90 valence electrons. The smallest absolute Gasteiger partial charge is 0.251 e. The molecule has 5 heteroatoms.